The van der Waals surface area contributed by atoms with Crippen molar-refractivity contribution in [2.24, 2.45) is 0 Å². The van der Waals surface area contributed by atoms with E-state index >= 15 is 0 Å². The summed E-state index contributed by atoms with van der Waals surface area (Å²) < 4.78 is 1.88. The van der Waals surface area contributed by atoms with Crippen molar-refractivity contribution in [1.29, 1.82) is 0 Å². The molecule has 0 unspecified atom stereocenters. The summed E-state index contributed by atoms with van der Waals surface area (Å²) in [4.78, 5) is 22.0. The number of imidazole rings is 1. The molecule has 2 aromatic rings. The van der Waals surface area contributed by atoms with E-state index in [2.05, 4.69) is 30.9 Å². The molecular weight excluding hydrogens is 288 g/mol. The maximum atomic E-state index is 11.5. The SMILES string of the molecule is CC(C)n1cncc1-c1nc(O)c(Br)c(=O)[nH]1. The molecule has 7 heteroatoms. The first-order valence-corrected chi connectivity index (χ1v) is 5.81. The van der Waals surface area contributed by atoms with Crippen molar-refractivity contribution < 1.29 is 5.11 Å². The monoisotopic (exact) mass is 298 g/mol. The molecule has 6 nitrogen and oxygen atoms in total. The molecule has 0 aromatic carbocycles. The van der Waals surface area contributed by atoms with Crippen molar-refractivity contribution in [2.75, 3.05) is 0 Å². The minimum atomic E-state index is -0.427. The Kier molecular flexibility index (Phi) is 3.01. The average Bonchev–Trinajstić information content (AvgIpc) is 2.74. The van der Waals surface area contributed by atoms with Crippen LogP contribution in [0.1, 0.15) is 19.9 Å². The van der Waals surface area contributed by atoms with Gasteiger partial charge in [-0.05, 0) is 29.8 Å². The zero-order valence-corrected chi connectivity index (χ0v) is 10.9. The van der Waals surface area contributed by atoms with Crippen molar-refractivity contribution in [2.45, 2.75) is 19.9 Å². The highest BCUT2D eigenvalue weighted by Gasteiger charge is 2.13. The molecule has 0 radical (unpaired) electrons. The minimum absolute atomic E-state index is 0.0249. The van der Waals surface area contributed by atoms with Crippen LogP contribution in [0.25, 0.3) is 11.5 Å². The largest absolute Gasteiger partial charge is 0.492 e. The van der Waals surface area contributed by atoms with Gasteiger partial charge in [-0.1, -0.05) is 0 Å². The van der Waals surface area contributed by atoms with Gasteiger partial charge in [0.15, 0.2) is 5.82 Å². The van der Waals surface area contributed by atoms with Gasteiger partial charge in [0.05, 0.1) is 12.5 Å². The van der Waals surface area contributed by atoms with Crippen LogP contribution in [-0.2, 0) is 0 Å². The first kappa shape index (κ1) is 11.8. The predicted molar refractivity (Wildman–Crippen MR) is 65.8 cm³/mol. The molecule has 0 spiro atoms. The summed E-state index contributed by atoms with van der Waals surface area (Å²) >= 11 is 2.95. The van der Waals surface area contributed by atoms with Gasteiger partial charge in [-0.15, -0.1) is 0 Å². The third-order valence-corrected chi connectivity index (χ3v) is 3.03. The minimum Gasteiger partial charge on any atom is -0.492 e. The number of nitrogens with one attached hydrogen (secondary N) is 1. The number of aromatic amines is 1. The Morgan fingerprint density at radius 3 is 2.82 bits per heavy atom. The number of aromatic nitrogens is 4. The predicted octanol–water partition coefficient (Wildman–Crippen LogP) is 1.68. The van der Waals surface area contributed by atoms with Crippen LogP contribution in [0.5, 0.6) is 5.88 Å². The molecule has 90 valence electrons. The fourth-order valence-corrected chi connectivity index (χ4v) is 1.66. The van der Waals surface area contributed by atoms with Crippen molar-refractivity contribution in [1.82, 2.24) is 19.5 Å². The number of halogens is 1. The second-order valence-corrected chi connectivity index (χ2v) is 4.63. The first-order chi connectivity index (χ1) is 8.00. The van der Waals surface area contributed by atoms with Gasteiger partial charge in [0.25, 0.3) is 5.56 Å². The van der Waals surface area contributed by atoms with Gasteiger partial charge >= 0.3 is 0 Å². The zero-order chi connectivity index (χ0) is 12.6. The van der Waals surface area contributed by atoms with Gasteiger partial charge in [-0.3, -0.25) is 4.79 Å². The van der Waals surface area contributed by atoms with Crippen LogP contribution in [0.3, 0.4) is 0 Å². The topological polar surface area (TPSA) is 83.8 Å². The Bertz CT molecular complexity index is 603. The van der Waals surface area contributed by atoms with E-state index in [4.69, 9.17) is 0 Å². The zero-order valence-electron chi connectivity index (χ0n) is 9.31. The molecule has 0 fully saturated rings. The molecule has 0 aliphatic rings. The number of hydrogen-bond donors (Lipinski definition) is 2. The molecule has 0 bridgehead atoms. The normalized spacial score (nSPS) is 11.1. The second kappa shape index (κ2) is 4.33. The second-order valence-electron chi connectivity index (χ2n) is 3.83. The maximum Gasteiger partial charge on any atom is 0.269 e. The Morgan fingerprint density at radius 1 is 1.53 bits per heavy atom. The van der Waals surface area contributed by atoms with Crippen LogP contribution in [-0.4, -0.2) is 24.6 Å². The van der Waals surface area contributed by atoms with E-state index in [0.29, 0.717) is 11.5 Å². The molecule has 0 saturated heterocycles. The highest BCUT2D eigenvalue weighted by Crippen LogP contribution is 2.22. The fourth-order valence-electron chi connectivity index (χ4n) is 1.47. The van der Waals surface area contributed by atoms with Crippen LogP contribution in [0.15, 0.2) is 21.8 Å². The molecule has 17 heavy (non-hydrogen) atoms. The van der Waals surface area contributed by atoms with Crippen LogP contribution in [0.2, 0.25) is 0 Å². The summed E-state index contributed by atoms with van der Waals surface area (Å²) in [6, 6.07) is 0.184. The van der Waals surface area contributed by atoms with E-state index in [1.807, 2.05) is 18.4 Å². The highest BCUT2D eigenvalue weighted by molar-refractivity contribution is 9.10. The molecule has 2 heterocycles. The Morgan fingerprint density at radius 2 is 2.24 bits per heavy atom. The number of nitrogens with zero attached hydrogens (tertiary/aromatic N) is 3. The molecule has 0 atom stereocenters. The standard InChI is InChI=1S/C10H11BrN4O2/c1-5(2)15-4-12-3-6(15)8-13-9(16)7(11)10(17)14-8/h3-5H,1-2H3,(H2,13,14,16,17). The summed E-state index contributed by atoms with van der Waals surface area (Å²) in [5.41, 5.74) is 0.226. The Labute approximate surface area is 105 Å². The highest BCUT2D eigenvalue weighted by atomic mass is 79.9. The number of aromatic hydroxyl groups is 1. The van der Waals surface area contributed by atoms with E-state index in [1.54, 1.807) is 12.5 Å². The molecule has 2 aromatic heterocycles. The molecule has 2 rings (SSSR count). The first-order valence-electron chi connectivity index (χ1n) is 5.01. The van der Waals surface area contributed by atoms with Gasteiger partial charge in [-0.25, -0.2) is 4.98 Å². The fraction of sp³-hybridized carbons (Fsp3) is 0.300. The molecule has 0 aliphatic heterocycles. The lowest BCUT2D eigenvalue weighted by Gasteiger charge is -2.10. The van der Waals surface area contributed by atoms with Crippen LogP contribution >= 0.6 is 15.9 Å². The lowest BCUT2D eigenvalue weighted by atomic mass is 10.3. The van der Waals surface area contributed by atoms with Crippen molar-refractivity contribution in [3.05, 3.63) is 27.4 Å². The van der Waals surface area contributed by atoms with Gasteiger partial charge in [0, 0.05) is 6.04 Å². The summed E-state index contributed by atoms with van der Waals surface area (Å²) in [6.07, 6.45) is 3.24. The summed E-state index contributed by atoms with van der Waals surface area (Å²) in [5.74, 6) is -0.0397. The van der Waals surface area contributed by atoms with Gasteiger partial charge < -0.3 is 14.7 Å². The Hall–Kier alpha value is -1.63. The van der Waals surface area contributed by atoms with Crippen LogP contribution < -0.4 is 5.56 Å². The summed E-state index contributed by atoms with van der Waals surface area (Å²) in [5, 5.41) is 9.50. The maximum absolute atomic E-state index is 11.5. The van der Waals surface area contributed by atoms with Gasteiger partial charge in [-0.2, -0.15) is 4.98 Å². The number of rotatable bonds is 2. The molecular formula is C10H11BrN4O2. The van der Waals surface area contributed by atoms with E-state index in [-0.39, 0.29) is 16.4 Å². The van der Waals surface area contributed by atoms with Gasteiger partial charge in [0.1, 0.15) is 10.2 Å². The van der Waals surface area contributed by atoms with Crippen molar-refractivity contribution in [3.8, 4) is 17.4 Å². The quantitative estimate of drug-likeness (QED) is 0.883. The van der Waals surface area contributed by atoms with Crippen LogP contribution in [0, 0.1) is 0 Å². The lowest BCUT2D eigenvalue weighted by molar-refractivity contribution is 0.447. The number of H-pyrrole nitrogens is 1. The average molecular weight is 299 g/mol. The molecule has 0 saturated carbocycles. The van der Waals surface area contributed by atoms with E-state index in [1.165, 1.54) is 0 Å². The lowest BCUT2D eigenvalue weighted by Crippen LogP contribution is -2.12. The van der Waals surface area contributed by atoms with Crippen molar-refractivity contribution in [3.63, 3.8) is 0 Å². The summed E-state index contributed by atoms with van der Waals surface area (Å²) in [7, 11) is 0. The van der Waals surface area contributed by atoms with Gasteiger partial charge in [0.2, 0.25) is 5.88 Å². The van der Waals surface area contributed by atoms with E-state index in [0.717, 1.165) is 0 Å². The van der Waals surface area contributed by atoms with E-state index in [9.17, 15) is 9.90 Å². The van der Waals surface area contributed by atoms with E-state index < -0.39 is 5.56 Å². The third kappa shape index (κ3) is 2.10. The smallest absolute Gasteiger partial charge is 0.269 e. The Balaban J connectivity index is 2.61. The van der Waals surface area contributed by atoms with Crippen LogP contribution in [0.4, 0.5) is 0 Å². The molecule has 2 N–H and O–H groups in total. The van der Waals surface area contributed by atoms with Crippen molar-refractivity contribution >= 4 is 15.9 Å². The molecule has 0 aliphatic carbocycles. The third-order valence-electron chi connectivity index (χ3n) is 2.31. The number of hydrogen-bond acceptors (Lipinski definition) is 4. The summed E-state index contributed by atoms with van der Waals surface area (Å²) in [6.45, 7) is 3.98. The molecule has 0 amide bonds.